The number of carboxylic acid groups (broad SMARTS) is 1. The minimum atomic E-state index is -3.68. The molecule has 69 heavy (non-hydrogen) atoms. The number of aromatic nitrogens is 2. The van der Waals surface area contributed by atoms with Gasteiger partial charge in [-0.25, -0.2) is 41.5 Å². The topological polar surface area (TPSA) is 251 Å². The Bertz CT molecular complexity index is 2420. The van der Waals surface area contributed by atoms with Crippen molar-refractivity contribution in [1.82, 2.24) is 25.3 Å². The SMILES string of the molecule is CC.CC.CC.CC.CC.CC.CNC(=O)c1cccc2c1CN(c1ccc(C)c(C(=O)NS(C)(=O)=O)n1)CC2.CNC(=O)c1cccc2c1CN(c1ccc(C)c(C(=O)O)n1)CC2.CS(N)(=O)=O. The number of fused-ring (bicyclic) bond motifs is 2. The van der Waals surface area contributed by atoms with Gasteiger partial charge in [0, 0.05) is 51.4 Å². The minimum absolute atomic E-state index is 0.0632. The fraction of sp³-hybridized carbons (Fsp3) is 0.480. The third-order valence-electron chi connectivity index (χ3n) is 9.00. The van der Waals surface area contributed by atoms with E-state index in [0.29, 0.717) is 53.5 Å². The minimum Gasteiger partial charge on any atom is -0.477 e. The van der Waals surface area contributed by atoms with Gasteiger partial charge in [-0.05, 0) is 84.3 Å². The number of nitrogens with zero attached hydrogens (tertiary/aromatic N) is 4. The number of pyridine rings is 2. The van der Waals surface area contributed by atoms with Crippen LogP contribution in [-0.4, -0.2) is 95.3 Å². The van der Waals surface area contributed by atoms with E-state index < -0.39 is 31.9 Å². The number of carbonyl (C=O) groups excluding carboxylic acids is 3. The van der Waals surface area contributed by atoms with E-state index in [1.165, 1.54) is 0 Å². The highest BCUT2D eigenvalue weighted by atomic mass is 32.2. The summed E-state index contributed by atoms with van der Waals surface area (Å²) >= 11 is 0. The summed E-state index contributed by atoms with van der Waals surface area (Å²) in [7, 11) is -3.64. The van der Waals surface area contributed by atoms with Crippen molar-refractivity contribution >= 4 is 55.4 Å². The number of carboxylic acids is 1. The number of aryl methyl sites for hydroxylation is 2. The molecule has 3 amide bonds. The molecular formula is C50H82N8O9S2. The Morgan fingerprint density at radius 3 is 1.22 bits per heavy atom. The van der Waals surface area contributed by atoms with Crippen LogP contribution in [0, 0.1) is 13.8 Å². The number of benzene rings is 2. The Hall–Kier alpha value is -5.92. The maximum absolute atomic E-state index is 12.3. The highest BCUT2D eigenvalue weighted by molar-refractivity contribution is 7.89. The molecule has 2 aliphatic heterocycles. The van der Waals surface area contributed by atoms with E-state index in [1.54, 1.807) is 52.2 Å². The summed E-state index contributed by atoms with van der Waals surface area (Å²) in [5.74, 6) is -0.874. The molecule has 2 aliphatic rings. The fourth-order valence-electron chi connectivity index (χ4n) is 6.30. The van der Waals surface area contributed by atoms with Gasteiger partial charge in [0.15, 0.2) is 5.69 Å². The number of rotatable bonds is 7. The van der Waals surface area contributed by atoms with Gasteiger partial charge in [-0.2, -0.15) is 0 Å². The average Bonchev–Trinajstić information content (AvgIpc) is 3.35. The molecule has 0 unspecified atom stereocenters. The zero-order chi connectivity index (χ0) is 54.2. The molecule has 4 aromatic rings. The Morgan fingerprint density at radius 1 is 0.565 bits per heavy atom. The average molecular weight is 1000 g/mol. The van der Waals surface area contributed by atoms with Crippen LogP contribution in [0.3, 0.4) is 0 Å². The largest absolute Gasteiger partial charge is 0.477 e. The highest BCUT2D eigenvalue weighted by Crippen LogP contribution is 2.28. The lowest BCUT2D eigenvalue weighted by Crippen LogP contribution is -2.34. The van der Waals surface area contributed by atoms with Crippen molar-refractivity contribution in [1.29, 1.82) is 0 Å². The van der Waals surface area contributed by atoms with E-state index in [4.69, 9.17) is 0 Å². The summed E-state index contributed by atoms with van der Waals surface area (Å²) in [6.07, 6.45) is 3.39. The van der Waals surface area contributed by atoms with Crippen LogP contribution < -0.4 is 30.3 Å². The van der Waals surface area contributed by atoms with Crippen molar-refractivity contribution in [2.75, 3.05) is 49.5 Å². The molecule has 0 saturated carbocycles. The van der Waals surface area contributed by atoms with Gasteiger partial charge in [0.2, 0.25) is 20.0 Å². The van der Waals surface area contributed by atoms with Crippen molar-refractivity contribution in [3.8, 4) is 0 Å². The number of carbonyl (C=O) groups is 4. The van der Waals surface area contributed by atoms with Crippen LogP contribution in [0.15, 0.2) is 60.7 Å². The first kappa shape index (κ1) is 67.3. The molecule has 0 saturated heterocycles. The third kappa shape index (κ3) is 22.8. The van der Waals surface area contributed by atoms with Crippen LogP contribution in [0.5, 0.6) is 0 Å². The molecule has 0 bridgehead atoms. The monoisotopic (exact) mass is 1000 g/mol. The molecule has 2 aromatic carbocycles. The summed E-state index contributed by atoms with van der Waals surface area (Å²) in [4.78, 5) is 60.5. The van der Waals surface area contributed by atoms with Gasteiger partial charge >= 0.3 is 5.97 Å². The van der Waals surface area contributed by atoms with E-state index >= 15 is 0 Å². The van der Waals surface area contributed by atoms with Crippen molar-refractivity contribution < 1.29 is 41.1 Å². The van der Waals surface area contributed by atoms with Gasteiger partial charge < -0.3 is 25.5 Å². The summed E-state index contributed by atoms with van der Waals surface area (Å²) in [5, 5.41) is 18.9. The standard InChI is InChI=1S/C19H22N4O4S.C18H19N3O3.6C2H6.CH5NO2S/c1-12-7-8-16(21-17(12)19(25)22-28(3,26)27)23-10-9-13-5-4-6-14(15(13)11-23)18(24)20-2;1-11-6-7-15(20-16(11)18(23)24)21-9-8-12-4-3-5-13(14(12)10-21)17(22)19-2;6*1-2;1-5(2,3)4/h4-8H,9-11H2,1-3H3,(H,20,24)(H,22,25);3-7H,8-10H2,1-2H3,(H,19,22)(H,23,24);6*1-2H3;1H3,(H2,2,3,4). The summed E-state index contributed by atoms with van der Waals surface area (Å²) < 4.78 is 43.5. The quantitative estimate of drug-likeness (QED) is 0.118. The zero-order valence-corrected chi connectivity index (χ0v) is 46.0. The first-order valence-corrected chi connectivity index (χ1v) is 27.4. The number of sulfonamides is 2. The summed E-state index contributed by atoms with van der Waals surface area (Å²) in [5.41, 5.74) is 6.78. The van der Waals surface area contributed by atoms with E-state index in [9.17, 15) is 41.1 Å². The number of hydrogen-bond donors (Lipinski definition) is 5. The van der Waals surface area contributed by atoms with Gasteiger partial charge in [0.1, 0.15) is 17.3 Å². The van der Waals surface area contributed by atoms with Crippen LogP contribution in [0.2, 0.25) is 0 Å². The molecule has 388 valence electrons. The van der Waals surface area contributed by atoms with Gasteiger partial charge in [0.05, 0.1) is 12.5 Å². The first-order valence-electron chi connectivity index (χ1n) is 23.5. The molecular weight excluding hydrogens is 921 g/mol. The van der Waals surface area contributed by atoms with Crippen molar-refractivity contribution in [2.45, 2.75) is 123 Å². The maximum atomic E-state index is 12.3. The molecule has 6 N–H and O–H groups in total. The molecule has 0 radical (unpaired) electrons. The third-order valence-corrected chi connectivity index (χ3v) is 9.55. The number of anilines is 2. The van der Waals surface area contributed by atoms with Gasteiger partial charge in [0.25, 0.3) is 17.7 Å². The summed E-state index contributed by atoms with van der Waals surface area (Å²) in [6.45, 7) is 29.8. The Kier molecular flexibility index (Phi) is 34.4. The Morgan fingerprint density at radius 2 is 0.899 bits per heavy atom. The number of hydrogen-bond acceptors (Lipinski definition) is 12. The van der Waals surface area contributed by atoms with Gasteiger partial charge in [-0.15, -0.1) is 0 Å². The van der Waals surface area contributed by atoms with Crippen LogP contribution >= 0.6 is 0 Å². The molecule has 6 rings (SSSR count). The highest BCUT2D eigenvalue weighted by Gasteiger charge is 2.25. The van der Waals surface area contributed by atoms with Crippen LogP contribution in [0.1, 0.15) is 158 Å². The molecule has 0 atom stereocenters. The first-order chi connectivity index (χ1) is 32.7. The van der Waals surface area contributed by atoms with Crippen LogP contribution in [0.4, 0.5) is 11.6 Å². The number of aromatic carboxylic acids is 1. The van der Waals surface area contributed by atoms with Crippen molar-refractivity contribution in [2.24, 2.45) is 5.14 Å². The van der Waals surface area contributed by atoms with Gasteiger partial charge in [-0.1, -0.05) is 119 Å². The van der Waals surface area contributed by atoms with E-state index in [0.717, 1.165) is 54.2 Å². The lowest BCUT2D eigenvalue weighted by Gasteiger charge is -2.31. The molecule has 2 aromatic heterocycles. The predicted octanol–water partition coefficient (Wildman–Crippen LogP) is 8.07. The van der Waals surface area contributed by atoms with E-state index in [1.807, 2.05) is 134 Å². The number of primary sulfonamides is 1. The van der Waals surface area contributed by atoms with E-state index in [-0.39, 0.29) is 23.2 Å². The summed E-state index contributed by atoms with van der Waals surface area (Å²) in [6, 6.07) is 18.5. The fourth-order valence-corrected chi connectivity index (χ4v) is 6.73. The molecule has 0 spiro atoms. The van der Waals surface area contributed by atoms with Gasteiger partial charge in [-0.3, -0.25) is 14.4 Å². The zero-order valence-electron chi connectivity index (χ0n) is 44.4. The van der Waals surface area contributed by atoms with Crippen LogP contribution in [-0.2, 0) is 46.0 Å². The number of nitrogens with one attached hydrogen (secondary N) is 3. The second-order valence-corrected chi connectivity index (χ2v) is 16.8. The smallest absolute Gasteiger partial charge is 0.354 e. The lowest BCUT2D eigenvalue weighted by molar-refractivity contribution is 0.0688. The molecule has 17 nitrogen and oxygen atoms in total. The second kappa shape index (κ2) is 35.2. The Balaban J connectivity index is -0.000000965. The predicted molar refractivity (Wildman–Crippen MR) is 284 cm³/mol. The van der Waals surface area contributed by atoms with Crippen molar-refractivity contribution in [3.05, 3.63) is 117 Å². The van der Waals surface area contributed by atoms with Crippen LogP contribution in [0.25, 0.3) is 0 Å². The second-order valence-electron chi connectivity index (χ2n) is 13.4. The molecule has 0 fully saturated rings. The number of amides is 3. The van der Waals surface area contributed by atoms with E-state index in [2.05, 4.69) is 25.7 Å². The molecule has 4 heterocycles. The molecule has 0 aliphatic carbocycles. The number of nitrogens with two attached hydrogens (primary N) is 1. The van der Waals surface area contributed by atoms with Crippen molar-refractivity contribution in [3.63, 3.8) is 0 Å². The lowest BCUT2D eigenvalue weighted by atomic mass is 9.94. The molecule has 19 heteroatoms. The Labute approximate surface area is 414 Å². The maximum Gasteiger partial charge on any atom is 0.354 e. The normalized spacial score (nSPS) is 11.5.